The maximum Gasteiger partial charge on any atom is 0.431 e. The van der Waals surface area contributed by atoms with Gasteiger partial charge < -0.3 is 20.2 Å². The molecule has 0 radical (unpaired) electrons. The molecule has 1 aromatic heterocycles. The number of H-pyrrole nitrogens is 1. The Morgan fingerprint density at radius 1 is 1.00 bits per heavy atom. The van der Waals surface area contributed by atoms with Crippen molar-refractivity contribution < 1.29 is 31.8 Å². The van der Waals surface area contributed by atoms with E-state index in [0.29, 0.717) is 16.9 Å². The summed E-state index contributed by atoms with van der Waals surface area (Å²) in [6, 6.07) is 15.7. The average molecular weight is 500 g/mol. The van der Waals surface area contributed by atoms with E-state index >= 15 is 4.39 Å². The third-order valence-corrected chi connectivity index (χ3v) is 5.70. The van der Waals surface area contributed by atoms with Gasteiger partial charge in [-0.1, -0.05) is 36.4 Å². The Kier molecular flexibility index (Phi) is 7.30. The number of nitrogens with one attached hydrogen (secondary N) is 1. The molecule has 0 spiro atoms. The maximum atomic E-state index is 15.2. The van der Waals surface area contributed by atoms with Crippen LogP contribution in [0.15, 0.2) is 60.7 Å². The van der Waals surface area contributed by atoms with Gasteiger partial charge in [-0.25, -0.2) is 4.39 Å². The lowest BCUT2D eigenvalue weighted by Crippen LogP contribution is -2.09. The summed E-state index contributed by atoms with van der Waals surface area (Å²) in [6.07, 6.45) is -4.59. The molecule has 0 amide bonds. The van der Waals surface area contributed by atoms with Crippen LogP contribution in [0.5, 0.6) is 5.75 Å². The highest BCUT2D eigenvalue weighted by Gasteiger charge is 2.33. The number of esters is 1. The number of alkyl halides is 3. The molecule has 0 unspecified atom stereocenters. The quantitative estimate of drug-likeness (QED) is 0.225. The van der Waals surface area contributed by atoms with Crippen LogP contribution in [0, 0.1) is 5.82 Å². The Morgan fingerprint density at radius 2 is 1.75 bits per heavy atom. The lowest BCUT2D eigenvalue weighted by Gasteiger charge is -2.14. The Hall–Kier alpha value is -3.85. The van der Waals surface area contributed by atoms with E-state index in [1.165, 1.54) is 18.2 Å². The summed E-state index contributed by atoms with van der Waals surface area (Å²) in [7, 11) is 0. The van der Waals surface area contributed by atoms with Crippen molar-refractivity contribution in [3.63, 3.8) is 0 Å². The summed E-state index contributed by atoms with van der Waals surface area (Å²) in [4.78, 5) is 14.3. The molecule has 9 heteroatoms. The highest BCUT2D eigenvalue weighted by atomic mass is 19.4. The molecule has 0 aliphatic rings. The van der Waals surface area contributed by atoms with Gasteiger partial charge in [0.05, 0.1) is 13.0 Å². The first kappa shape index (κ1) is 25.2. The number of hydrogen-bond acceptors (Lipinski definition) is 4. The average Bonchev–Trinajstić information content (AvgIpc) is 3.28. The zero-order chi connectivity index (χ0) is 25.9. The lowest BCUT2D eigenvalue weighted by atomic mass is 9.96. The standard InChI is InChI=1S/C27H24F4N2O3/c1-2-35-25(34)12-17-6-3-4-9-23(17)36-15-16-10-20(19-8-5-7-18(14-32)26(19)28)21-13-24(27(29,30)31)33-22(21)11-16/h3-11,13,33H,2,12,14-15,32H2,1H3. The van der Waals surface area contributed by atoms with Gasteiger partial charge in [0.25, 0.3) is 0 Å². The number of hydrogen-bond donors (Lipinski definition) is 2. The van der Waals surface area contributed by atoms with Crippen molar-refractivity contribution in [1.82, 2.24) is 4.98 Å². The second-order valence-electron chi connectivity index (χ2n) is 8.15. The molecule has 3 aromatic carbocycles. The molecular weight excluding hydrogens is 476 g/mol. The third-order valence-electron chi connectivity index (χ3n) is 5.70. The van der Waals surface area contributed by atoms with Gasteiger partial charge in [-0.15, -0.1) is 0 Å². The summed E-state index contributed by atoms with van der Waals surface area (Å²) in [5.74, 6) is -0.557. The molecule has 0 aliphatic heterocycles. The smallest absolute Gasteiger partial charge is 0.431 e. The number of aromatic nitrogens is 1. The highest BCUT2D eigenvalue weighted by Crippen LogP contribution is 2.38. The van der Waals surface area contributed by atoms with E-state index in [2.05, 4.69) is 4.98 Å². The zero-order valence-corrected chi connectivity index (χ0v) is 19.4. The molecule has 0 saturated heterocycles. The van der Waals surface area contributed by atoms with Gasteiger partial charge >= 0.3 is 12.1 Å². The predicted octanol–water partition coefficient (Wildman–Crippen LogP) is 6.14. The van der Waals surface area contributed by atoms with Crippen LogP contribution in [0.1, 0.15) is 29.3 Å². The monoisotopic (exact) mass is 500 g/mol. The predicted molar refractivity (Wildman–Crippen MR) is 128 cm³/mol. The van der Waals surface area contributed by atoms with Crippen molar-refractivity contribution in [3.05, 3.63) is 88.9 Å². The van der Waals surface area contributed by atoms with Crippen LogP contribution in [0.3, 0.4) is 0 Å². The maximum absolute atomic E-state index is 15.2. The summed E-state index contributed by atoms with van der Waals surface area (Å²) in [6.45, 7) is 1.89. The molecule has 4 rings (SSSR count). The first-order valence-corrected chi connectivity index (χ1v) is 11.3. The van der Waals surface area contributed by atoms with Gasteiger partial charge in [-0.2, -0.15) is 13.2 Å². The number of rotatable bonds is 8. The minimum atomic E-state index is -4.60. The van der Waals surface area contributed by atoms with Crippen LogP contribution >= 0.6 is 0 Å². The van der Waals surface area contributed by atoms with E-state index in [-0.39, 0.29) is 53.8 Å². The summed E-state index contributed by atoms with van der Waals surface area (Å²) in [5.41, 5.74) is 6.68. The number of nitrogens with two attached hydrogens (primary N) is 1. The first-order chi connectivity index (χ1) is 17.2. The number of fused-ring (bicyclic) bond motifs is 1. The van der Waals surface area contributed by atoms with Crippen molar-refractivity contribution in [2.75, 3.05) is 6.61 Å². The van der Waals surface area contributed by atoms with Gasteiger partial charge in [0, 0.05) is 34.1 Å². The number of benzene rings is 3. The Morgan fingerprint density at radius 3 is 2.47 bits per heavy atom. The van der Waals surface area contributed by atoms with Crippen LogP contribution < -0.4 is 10.5 Å². The number of ether oxygens (including phenoxy) is 2. The van der Waals surface area contributed by atoms with E-state index in [1.54, 1.807) is 43.3 Å². The lowest BCUT2D eigenvalue weighted by molar-refractivity contribution is -0.142. The fourth-order valence-electron chi connectivity index (χ4n) is 4.02. The number of aromatic amines is 1. The first-order valence-electron chi connectivity index (χ1n) is 11.3. The van der Waals surface area contributed by atoms with Gasteiger partial charge in [0.1, 0.15) is 23.9 Å². The molecule has 0 bridgehead atoms. The van der Waals surface area contributed by atoms with Gasteiger partial charge in [-0.05, 0) is 42.3 Å². The molecule has 0 atom stereocenters. The number of carbonyl (C=O) groups is 1. The number of para-hydroxylation sites is 1. The van der Waals surface area contributed by atoms with E-state index in [0.717, 1.165) is 6.07 Å². The third kappa shape index (κ3) is 5.36. The summed E-state index contributed by atoms with van der Waals surface area (Å²) < 4.78 is 66.4. The van der Waals surface area contributed by atoms with E-state index in [4.69, 9.17) is 15.2 Å². The molecule has 0 fully saturated rings. The molecular formula is C27H24F4N2O3. The highest BCUT2D eigenvalue weighted by molar-refractivity contribution is 5.96. The topological polar surface area (TPSA) is 77.3 Å². The molecule has 3 N–H and O–H groups in total. The molecule has 4 aromatic rings. The van der Waals surface area contributed by atoms with Gasteiger partial charge in [-0.3, -0.25) is 4.79 Å². The fraction of sp³-hybridized carbons (Fsp3) is 0.222. The number of halogens is 4. The Bertz CT molecular complexity index is 1400. The van der Waals surface area contributed by atoms with Crippen LogP contribution in [0.2, 0.25) is 0 Å². The van der Waals surface area contributed by atoms with Crippen LogP contribution in [-0.4, -0.2) is 17.6 Å². The molecule has 0 aliphatic carbocycles. The summed E-state index contributed by atoms with van der Waals surface area (Å²) >= 11 is 0. The Balaban J connectivity index is 1.74. The summed E-state index contributed by atoms with van der Waals surface area (Å²) in [5, 5.41) is 0.224. The second kappa shape index (κ2) is 10.4. The largest absolute Gasteiger partial charge is 0.489 e. The molecule has 188 valence electrons. The second-order valence-corrected chi connectivity index (χ2v) is 8.15. The van der Waals surface area contributed by atoms with Gasteiger partial charge in [0.2, 0.25) is 0 Å². The number of carbonyl (C=O) groups excluding carboxylic acids is 1. The fourth-order valence-corrected chi connectivity index (χ4v) is 4.02. The van der Waals surface area contributed by atoms with Crippen molar-refractivity contribution in [2.45, 2.75) is 32.7 Å². The van der Waals surface area contributed by atoms with Crippen molar-refractivity contribution in [3.8, 4) is 16.9 Å². The van der Waals surface area contributed by atoms with Crippen LogP contribution in [0.25, 0.3) is 22.0 Å². The molecule has 36 heavy (non-hydrogen) atoms. The van der Waals surface area contributed by atoms with E-state index in [1.807, 2.05) is 0 Å². The normalized spacial score (nSPS) is 11.6. The van der Waals surface area contributed by atoms with E-state index in [9.17, 15) is 18.0 Å². The van der Waals surface area contributed by atoms with Crippen molar-refractivity contribution in [2.24, 2.45) is 5.73 Å². The SMILES string of the molecule is CCOC(=O)Cc1ccccc1OCc1cc(-c2cccc(CN)c2F)c2cc(C(F)(F)F)[nH]c2c1. The molecule has 5 nitrogen and oxygen atoms in total. The van der Waals surface area contributed by atoms with Crippen molar-refractivity contribution >= 4 is 16.9 Å². The minimum absolute atomic E-state index is 0.0109. The van der Waals surface area contributed by atoms with Gasteiger partial charge in [0.15, 0.2) is 0 Å². The zero-order valence-electron chi connectivity index (χ0n) is 19.4. The van der Waals surface area contributed by atoms with Crippen LogP contribution in [-0.2, 0) is 35.3 Å². The molecule has 0 saturated carbocycles. The minimum Gasteiger partial charge on any atom is -0.489 e. The molecule has 1 heterocycles. The van der Waals surface area contributed by atoms with E-state index < -0.39 is 23.7 Å². The van der Waals surface area contributed by atoms with Crippen molar-refractivity contribution in [1.29, 1.82) is 0 Å². The van der Waals surface area contributed by atoms with Crippen LogP contribution in [0.4, 0.5) is 17.6 Å². The Labute approximate surface area is 204 Å².